The molecular formula is C24H27FN2O. The second kappa shape index (κ2) is 8.19. The Kier molecular flexibility index (Phi) is 5.49. The van der Waals surface area contributed by atoms with Crippen molar-refractivity contribution >= 4 is 5.69 Å². The average Bonchev–Trinajstić information content (AvgIpc) is 3.07. The van der Waals surface area contributed by atoms with Crippen LogP contribution in [0.1, 0.15) is 24.6 Å². The predicted molar refractivity (Wildman–Crippen MR) is 113 cm³/mol. The Labute approximate surface area is 166 Å². The maximum atomic E-state index is 13.5. The van der Waals surface area contributed by atoms with Gasteiger partial charge < -0.3 is 14.2 Å². The maximum absolute atomic E-state index is 13.5. The zero-order chi connectivity index (χ0) is 19.5. The van der Waals surface area contributed by atoms with Crippen LogP contribution in [-0.2, 0) is 11.2 Å². The van der Waals surface area contributed by atoms with Crippen molar-refractivity contribution in [3.8, 4) is 16.9 Å². The Bertz CT molecular complexity index is 922. The van der Waals surface area contributed by atoms with Crippen molar-refractivity contribution in [3.05, 3.63) is 71.7 Å². The third-order valence-electron chi connectivity index (χ3n) is 5.45. The van der Waals surface area contributed by atoms with E-state index < -0.39 is 0 Å². The molecule has 4 rings (SSSR count). The molecule has 0 bridgehead atoms. The van der Waals surface area contributed by atoms with Crippen molar-refractivity contribution in [1.82, 2.24) is 4.57 Å². The lowest BCUT2D eigenvalue weighted by Gasteiger charge is -2.28. The lowest BCUT2D eigenvalue weighted by Crippen LogP contribution is -2.36. The number of morpholine rings is 1. The van der Waals surface area contributed by atoms with Crippen LogP contribution < -0.4 is 4.90 Å². The highest BCUT2D eigenvalue weighted by molar-refractivity contribution is 5.72. The lowest BCUT2D eigenvalue weighted by atomic mass is 10.1. The largest absolute Gasteiger partial charge is 0.378 e. The molecule has 28 heavy (non-hydrogen) atoms. The van der Waals surface area contributed by atoms with Crippen LogP contribution in [0.5, 0.6) is 0 Å². The van der Waals surface area contributed by atoms with E-state index in [4.69, 9.17) is 4.74 Å². The van der Waals surface area contributed by atoms with E-state index in [1.807, 2.05) is 12.1 Å². The van der Waals surface area contributed by atoms with Crippen molar-refractivity contribution in [3.63, 3.8) is 0 Å². The summed E-state index contributed by atoms with van der Waals surface area (Å²) in [5.74, 6) is -0.212. The minimum absolute atomic E-state index is 0.212. The fourth-order valence-corrected chi connectivity index (χ4v) is 3.98. The van der Waals surface area contributed by atoms with Gasteiger partial charge in [0.2, 0.25) is 0 Å². The van der Waals surface area contributed by atoms with Crippen LogP contribution in [0.15, 0.2) is 54.6 Å². The summed E-state index contributed by atoms with van der Waals surface area (Å²) in [5.41, 5.74) is 7.01. The second-order valence-corrected chi connectivity index (χ2v) is 7.36. The molecule has 0 unspecified atom stereocenters. The fraction of sp³-hybridized carbons (Fsp3) is 0.333. The fourth-order valence-electron chi connectivity index (χ4n) is 3.98. The molecule has 4 heteroatoms. The summed E-state index contributed by atoms with van der Waals surface area (Å²) in [6.07, 6.45) is 2.23. The Morgan fingerprint density at radius 3 is 2.29 bits per heavy atom. The van der Waals surface area contributed by atoms with E-state index in [2.05, 4.69) is 53.6 Å². The molecule has 1 fully saturated rings. The molecule has 1 saturated heterocycles. The summed E-state index contributed by atoms with van der Waals surface area (Å²) in [4.78, 5) is 2.38. The van der Waals surface area contributed by atoms with Crippen molar-refractivity contribution in [2.75, 3.05) is 31.2 Å². The maximum Gasteiger partial charge on any atom is 0.123 e. The number of anilines is 1. The zero-order valence-corrected chi connectivity index (χ0v) is 16.6. The molecule has 146 valence electrons. The molecule has 1 aliphatic heterocycles. The number of nitrogens with zero attached hydrogens (tertiary/aromatic N) is 2. The molecule has 0 radical (unpaired) electrons. The summed E-state index contributed by atoms with van der Waals surface area (Å²) in [5, 5.41) is 0. The van der Waals surface area contributed by atoms with E-state index in [1.165, 1.54) is 29.1 Å². The first-order valence-corrected chi connectivity index (χ1v) is 10.1. The smallest absolute Gasteiger partial charge is 0.123 e. The number of hydrogen-bond donors (Lipinski definition) is 0. The minimum Gasteiger partial charge on any atom is -0.378 e. The van der Waals surface area contributed by atoms with E-state index in [9.17, 15) is 4.39 Å². The SMILES string of the molecule is CCCc1ccc(-n2c(-c3ccc(F)cc3)cc(N3CCOCC3)c2C)cc1. The minimum atomic E-state index is -0.212. The molecule has 1 aromatic heterocycles. The van der Waals surface area contributed by atoms with Gasteiger partial charge in [-0.25, -0.2) is 4.39 Å². The van der Waals surface area contributed by atoms with E-state index in [-0.39, 0.29) is 5.82 Å². The Hall–Kier alpha value is -2.59. The van der Waals surface area contributed by atoms with Gasteiger partial charge in [-0.1, -0.05) is 25.5 Å². The Balaban J connectivity index is 1.82. The van der Waals surface area contributed by atoms with Gasteiger partial charge in [0, 0.05) is 24.5 Å². The molecule has 0 saturated carbocycles. The zero-order valence-electron chi connectivity index (χ0n) is 16.6. The van der Waals surface area contributed by atoms with E-state index >= 15 is 0 Å². The van der Waals surface area contributed by atoms with Crippen LogP contribution in [0, 0.1) is 12.7 Å². The van der Waals surface area contributed by atoms with Gasteiger partial charge in [0.15, 0.2) is 0 Å². The highest BCUT2D eigenvalue weighted by atomic mass is 19.1. The summed E-state index contributed by atoms with van der Waals surface area (Å²) in [6.45, 7) is 7.65. The van der Waals surface area contributed by atoms with Crippen LogP contribution in [0.3, 0.4) is 0 Å². The number of benzene rings is 2. The molecule has 0 spiro atoms. The van der Waals surface area contributed by atoms with Crippen molar-refractivity contribution in [1.29, 1.82) is 0 Å². The third kappa shape index (κ3) is 3.69. The first kappa shape index (κ1) is 18.8. The predicted octanol–water partition coefficient (Wildman–Crippen LogP) is 5.38. The number of ether oxygens (including phenoxy) is 1. The monoisotopic (exact) mass is 378 g/mol. The summed E-state index contributed by atoms with van der Waals surface area (Å²) < 4.78 is 21.3. The number of halogens is 1. The number of aromatic nitrogens is 1. The van der Waals surface area contributed by atoms with Gasteiger partial charge in [0.05, 0.1) is 24.6 Å². The number of aryl methyl sites for hydroxylation is 1. The average molecular weight is 378 g/mol. The molecule has 3 aromatic rings. The summed E-state index contributed by atoms with van der Waals surface area (Å²) in [6, 6.07) is 17.8. The molecule has 3 nitrogen and oxygen atoms in total. The van der Waals surface area contributed by atoms with Gasteiger partial charge >= 0.3 is 0 Å². The van der Waals surface area contributed by atoms with Crippen molar-refractivity contribution in [2.45, 2.75) is 26.7 Å². The Morgan fingerprint density at radius 1 is 0.964 bits per heavy atom. The highest BCUT2D eigenvalue weighted by Crippen LogP contribution is 2.35. The number of hydrogen-bond acceptors (Lipinski definition) is 2. The molecule has 0 N–H and O–H groups in total. The van der Waals surface area contributed by atoms with Gasteiger partial charge in [0.25, 0.3) is 0 Å². The quantitative estimate of drug-likeness (QED) is 0.593. The van der Waals surface area contributed by atoms with Crippen LogP contribution in [0.4, 0.5) is 10.1 Å². The number of rotatable bonds is 5. The normalized spacial score (nSPS) is 14.5. The molecular weight excluding hydrogens is 351 g/mol. The third-order valence-corrected chi connectivity index (χ3v) is 5.45. The van der Waals surface area contributed by atoms with Crippen molar-refractivity contribution < 1.29 is 9.13 Å². The topological polar surface area (TPSA) is 17.4 Å². The van der Waals surface area contributed by atoms with E-state index in [0.717, 1.165) is 56.1 Å². The first-order chi connectivity index (χ1) is 13.7. The summed E-state index contributed by atoms with van der Waals surface area (Å²) >= 11 is 0. The highest BCUT2D eigenvalue weighted by Gasteiger charge is 2.20. The van der Waals surface area contributed by atoms with Gasteiger partial charge in [-0.05, 0) is 66.9 Å². The van der Waals surface area contributed by atoms with Gasteiger partial charge in [-0.3, -0.25) is 0 Å². The van der Waals surface area contributed by atoms with Crippen molar-refractivity contribution in [2.24, 2.45) is 0 Å². The van der Waals surface area contributed by atoms with Gasteiger partial charge in [0.1, 0.15) is 5.82 Å². The molecule has 0 atom stereocenters. The van der Waals surface area contributed by atoms with Gasteiger partial charge in [-0.2, -0.15) is 0 Å². The molecule has 2 aromatic carbocycles. The van der Waals surface area contributed by atoms with Crippen LogP contribution in [0.2, 0.25) is 0 Å². The lowest BCUT2D eigenvalue weighted by molar-refractivity contribution is 0.122. The molecule has 2 heterocycles. The standard InChI is InChI=1S/C24H27FN2O/c1-3-4-19-5-11-22(12-6-19)27-18(2)23(26-13-15-28-16-14-26)17-24(27)20-7-9-21(25)10-8-20/h5-12,17H,3-4,13-16H2,1-2H3. The molecule has 0 aliphatic carbocycles. The Morgan fingerprint density at radius 2 is 1.64 bits per heavy atom. The second-order valence-electron chi connectivity index (χ2n) is 7.36. The molecule has 0 amide bonds. The van der Waals surface area contributed by atoms with Crippen LogP contribution in [-0.4, -0.2) is 30.9 Å². The first-order valence-electron chi connectivity index (χ1n) is 10.1. The van der Waals surface area contributed by atoms with Crippen LogP contribution in [0.25, 0.3) is 16.9 Å². The van der Waals surface area contributed by atoms with E-state index in [0.29, 0.717) is 0 Å². The van der Waals surface area contributed by atoms with Gasteiger partial charge in [-0.15, -0.1) is 0 Å². The molecule has 1 aliphatic rings. The summed E-state index contributed by atoms with van der Waals surface area (Å²) in [7, 11) is 0. The van der Waals surface area contributed by atoms with Crippen LogP contribution >= 0.6 is 0 Å². The van der Waals surface area contributed by atoms with E-state index in [1.54, 1.807) is 0 Å².